The normalized spacial score (nSPS) is 16.3. The topological polar surface area (TPSA) is 101 Å². The molecule has 6 nitrogen and oxygen atoms in total. The third-order valence-corrected chi connectivity index (χ3v) is 5.49. The van der Waals surface area contributed by atoms with Crippen LogP contribution in [0.2, 0.25) is 0 Å². The van der Waals surface area contributed by atoms with E-state index in [2.05, 4.69) is 0 Å². The molecule has 0 bridgehead atoms. The molecule has 7 heteroatoms. The molecule has 0 aromatic heterocycles. The van der Waals surface area contributed by atoms with E-state index in [4.69, 9.17) is 10.8 Å². The summed E-state index contributed by atoms with van der Waals surface area (Å²) in [6, 6.07) is 3.69. The number of hydrogen-bond donors (Lipinski definition) is 2. The minimum Gasteiger partial charge on any atom is -0.478 e. The Morgan fingerprint density at radius 2 is 2.05 bits per heavy atom. The van der Waals surface area contributed by atoms with Gasteiger partial charge in [-0.25, -0.2) is 13.2 Å². The summed E-state index contributed by atoms with van der Waals surface area (Å²) in [5.74, 6) is -1.14. The number of nitrogens with zero attached hydrogens (tertiary/aromatic N) is 1. The molecule has 0 radical (unpaired) electrons. The standard InChI is InChI=1S/C12H16N2O4S/c1-14(9-3-2-4-9)19(17,18)11-6-5-8(12(15)16)7-10(11)13/h5-7,9H,2-4,13H2,1H3,(H,15,16). The maximum atomic E-state index is 12.4. The van der Waals surface area contributed by atoms with Crippen LogP contribution in [0, 0.1) is 0 Å². The largest absolute Gasteiger partial charge is 0.478 e. The van der Waals surface area contributed by atoms with Gasteiger partial charge in [0.05, 0.1) is 11.3 Å². The average molecular weight is 284 g/mol. The van der Waals surface area contributed by atoms with Gasteiger partial charge in [0.25, 0.3) is 0 Å². The van der Waals surface area contributed by atoms with Crippen molar-refractivity contribution in [1.82, 2.24) is 4.31 Å². The first-order valence-corrected chi connectivity index (χ1v) is 7.39. The number of carboxylic acids is 1. The quantitative estimate of drug-likeness (QED) is 0.807. The number of sulfonamides is 1. The Morgan fingerprint density at radius 1 is 1.42 bits per heavy atom. The molecule has 0 atom stereocenters. The summed E-state index contributed by atoms with van der Waals surface area (Å²) >= 11 is 0. The molecule has 1 aliphatic carbocycles. The van der Waals surface area contributed by atoms with E-state index in [9.17, 15) is 13.2 Å². The lowest BCUT2D eigenvalue weighted by Crippen LogP contribution is -2.41. The van der Waals surface area contributed by atoms with E-state index < -0.39 is 16.0 Å². The average Bonchev–Trinajstić information content (AvgIpc) is 2.25. The molecule has 0 spiro atoms. The van der Waals surface area contributed by atoms with Gasteiger partial charge in [-0.2, -0.15) is 4.31 Å². The molecule has 0 aliphatic heterocycles. The van der Waals surface area contributed by atoms with Crippen LogP contribution >= 0.6 is 0 Å². The lowest BCUT2D eigenvalue weighted by molar-refractivity contribution is 0.0697. The van der Waals surface area contributed by atoms with Gasteiger partial charge in [0.1, 0.15) is 4.90 Å². The van der Waals surface area contributed by atoms with E-state index in [1.807, 2.05) is 0 Å². The summed E-state index contributed by atoms with van der Waals surface area (Å²) in [7, 11) is -2.13. The molecule has 104 valence electrons. The lowest BCUT2D eigenvalue weighted by atomic mass is 9.94. The van der Waals surface area contributed by atoms with Crippen LogP contribution in [-0.4, -0.2) is 36.9 Å². The van der Waals surface area contributed by atoms with Gasteiger partial charge in [-0.05, 0) is 31.0 Å². The van der Waals surface area contributed by atoms with Gasteiger partial charge in [0.2, 0.25) is 10.0 Å². The lowest BCUT2D eigenvalue weighted by Gasteiger charge is -2.34. The highest BCUT2D eigenvalue weighted by Crippen LogP contribution is 2.30. The molecule has 0 unspecified atom stereocenters. The summed E-state index contributed by atoms with van der Waals surface area (Å²) in [4.78, 5) is 10.8. The van der Waals surface area contributed by atoms with Crippen LogP contribution in [0.5, 0.6) is 0 Å². The maximum Gasteiger partial charge on any atom is 0.335 e. The summed E-state index contributed by atoms with van der Waals surface area (Å²) < 4.78 is 26.1. The van der Waals surface area contributed by atoms with E-state index in [1.54, 1.807) is 0 Å². The third kappa shape index (κ3) is 2.43. The minimum absolute atomic E-state index is 0.0172. The maximum absolute atomic E-state index is 12.4. The Bertz CT molecular complexity index is 608. The second kappa shape index (κ2) is 4.82. The zero-order chi connectivity index (χ0) is 14.2. The molecule has 1 fully saturated rings. The van der Waals surface area contributed by atoms with Gasteiger partial charge in [0.15, 0.2) is 0 Å². The molecule has 1 saturated carbocycles. The minimum atomic E-state index is -3.66. The number of nitrogens with two attached hydrogens (primary N) is 1. The Labute approximate surface area is 111 Å². The molecule has 1 aliphatic rings. The van der Waals surface area contributed by atoms with Crippen LogP contribution in [0.25, 0.3) is 0 Å². The molecule has 0 heterocycles. The van der Waals surface area contributed by atoms with Crippen LogP contribution in [0.1, 0.15) is 29.6 Å². The highest BCUT2D eigenvalue weighted by atomic mass is 32.2. The molecule has 0 amide bonds. The molecule has 0 saturated heterocycles. The molecular weight excluding hydrogens is 268 g/mol. The molecular formula is C12H16N2O4S. The van der Waals surface area contributed by atoms with E-state index in [0.717, 1.165) is 19.3 Å². The van der Waals surface area contributed by atoms with Gasteiger partial charge in [-0.15, -0.1) is 0 Å². The van der Waals surface area contributed by atoms with Crippen molar-refractivity contribution < 1.29 is 18.3 Å². The number of aromatic carboxylic acids is 1. The fourth-order valence-electron chi connectivity index (χ4n) is 2.02. The van der Waals surface area contributed by atoms with Crippen molar-refractivity contribution in [3.05, 3.63) is 23.8 Å². The molecule has 1 aromatic carbocycles. The predicted molar refractivity (Wildman–Crippen MR) is 70.4 cm³/mol. The van der Waals surface area contributed by atoms with Gasteiger partial charge < -0.3 is 10.8 Å². The Morgan fingerprint density at radius 3 is 2.47 bits per heavy atom. The van der Waals surface area contributed by atoms with Crippen molar-refractivity contribution in [3.8, 4) is 0 Å². The van der Waals surface area contributed by atoms with Gasteiger partial charge >= 0.3 is 5.97 Å². The molecule has 1 aromatic rings. The second-order valence-electron chi connectivity index (χ2n) is 4.66. The number of carbonyl (C=O) groups is 1. The van der Waals surface area contributed by atoms with Crippen molar-refractivity contribution in [2.45, 2.75) is 30.2 Å². The van der Waals surface area contributed by atoms with Crippen molar-refractivity contribution in [3.63, 3.8) is 0 Å². The molecule has 19 heavy (non-hydrogen) atoms. The molecule has 2 rings (SSSR count). The Balaban J connectivity index is 2.37. The van der Waals surface area contributed by atoms with Crippen LogP contribution in [0.15, 0.2) is 23.1 Å². The van der Waals surface area contributed by atoms with Gasteiger partial charge in [0, 0.05) is 13.1 Å². The van der Waals surface area contributed by atoms with E-state index >= 15 is 0 Å². The summed E-state index contributed by atoms with van der Waals surface area (Å²) in [5.41, 5.74) is 5.61. The monoisotopic (exact) mass is 284 g/mol. The molecule has 3 N–H and O–H groups in total. The third-order valence-electron chi connectivity index (χ3n) is 3.50. The van der Waals surface area contributed by atoms with Crippen LogP contribution in [-0.2, 0) is 10.0 Å². The first kappa shape index (κ1) is 13.8. The first-order chi connectivity index (χ1) is 8.84. The van der Waals surface area contributed by atoms with Crippen LogP contribution in [0.3, 0.4) is 0 Å². The summed E-state index contributed by atoms with van der Waals surface area (Å²) in [6.45, 7) is 0. The van der Waals surface area contributed by atoms with Gasteiger partial charge in [-0.1, -0.05) is 6.42 Å². The highest BCUT2D eigenvalue weighted by molar-refractivity contribution is 7.89. The fourth-order valence-corrected chi connectivity index (χ4v) is 3.53. The zero-order valence-corrected chi connectivity index (χ0v) is 11.4. The van der Waals surface area contributed by atoms with E-state index in [-0.39, 0.29) is 22.2 Å². The number of hydrogen-bond acceptors (Lipinski definition) is 4. The Kier molecular flexibility index (Phi) is 3.51. The number of rotatable bonds is 4. The first-order valence-electron chi connectivity index (χ1n) is 5.95. The number of nitrogen functional groups attached to an aromatic ring is 1. The van der Waals surface area contributed by atoms with Crippen molar-refractivity contribution in [1.29, 1.82) is 0 Å². The number of anilines is 1. The Hall–Kier alpha value is -1.60. The van der Waals surface area contributed by atoms with Crippen LogP contribution in [0.4, 0.5) is 5.69 Å². The predicted octanol–water partition coefficient (Wildman–Crippen LogP) is 1.14. The highest BCUT2D eigenvalue weighted by Gasteiger charge is 2.32. The van der Waals surface area contributed by atoms with Gasteiger partial charge in [-0.3, -0.25) is 0 Å². The van der Waals surface area contributed by atoms with Crippen LogP contribution < -0.4 is 5.73 Å². The SMILES string of the molecule is CN(C1CCC1)S(=O)(=O)c1ccc(C(=O)O)cc1N. The second-order valence-corrected chi connectivity index (χ2v) is 6.63. The zero-order valence-electron chi connectivity index (χ0n) is 10.5. The van der Waals surface area contributed by atoms with Crippen molar-refractivity contribution in [2.24, 2.45) is 0 Å². The number of carboxylic acid groups (broad SMARTS) is 1. The van der Waals surface area contributed by atoms with Crippen molar-refractivity contribution >= 4 is 21.7 Å². The summed E-state index contributed by atoms with van der Waals surface area (Å²) in [5, 5.41) is 8.83. The smallest absolute Gasteiger partial charge is 0.335 e. The van der Waals surface area contributed by atoms with E-state index in [1.165, 1.54) is 29.6 Å². The number of benzene rings is 1. The summed E-state index contributed by atoms with van der Waals surface area (Å²) in [6.07, 6.45) is 2.73. The fraction of sp³-hybridized carbons (Fsp3) is 0.417. The van der Waals surface area contributed by atoms with E-state index in [0.29, 0.717) is 0 Å². The van der Waals surface area contributed by atoms with Crippen molar-refractivity contribution in [2.75, 3.05) is 12.8 Å².